The van der Waals surface area contributed by atoms with Crippen molar-refractivity contribution in [1.29, 1.82) is 0 Å². The summed E-state index contributed by atoms with van der Waals surface area (Å²) in [5.74, 6) is -0.244. The van der Waals surface area contributed by atoms with Crippen molar-refractivity contribution in [3.8, 4) is 0 Å². The van der Waals surface area contributed by atoms with Crippen LogP contribution >= 0.6 is 0 Å². The Morgan fingerprint density at radius 3 is 2.28 bits per heavy atom. The molecular weight excluding hydrogens is 313 g/mol. The molecule has 0 aliphatic heterocycles. The molecule has 0 heterocycles. The van der Waals surface area contributed by atoms with Gasteiger partial charge in [0.25, 0.3) is 0 Å². The number of fused-ring (bicyclic) bond motifs is 1. The van der Waals surface area contributed by atoms with Crippen LogP contribution in [0.15, 0.2) is 70.4 Å². The Kier molecular flexibility index (Phi) is 4.00. The first kappa shape index (κ1) is 15.8. The highest BCUT2D eigenvalue weighted by molar-refractivity contribution is 6.20. The summed E-state index contributed by atoms with van der Waals surface area (Å²) in [6.45, 7) is 4.60. The number of rotatable bonds is 3. The zero-order valence-corrected chi connectivity index (χ0v) is 14.5. The van der Waals surface area contributed by atoms with Gasteiger partial charge in [0.1, 0.15) is 18.1 Å². The van der Waals surface area contributed by atoms with Crippen LogP contribution in [0.4, 0.5) is 4.39 Å². The maximum absolute atomic E-state index is 13.0. The molecule has 0 radical (unpaired) electrons. The van der Waals surface area contributed by atoms with E-state index in [1.165, 1.54) is 47.3 Å². The van der Waals surface area contributed by atoms with E-state index in [2.05, 4.69) is 37.2 Å². The summed E-state index contributed by atoms with van der Waals surface area (Å²) in [5.41, 5.74) is 9.54. The average Bonchev–Trinajstić information content (AvgIpc) is 3.45. The number of hydrogen-bond acceptors (Lipinski definition) is 2. The van der Waals surface area contributed by atoms with E-state index in [4.69, 9.17) is 4.84 Å². The molecule has 0 atom stereocenters. The van der Waals surface area contributed by atoms with Gasteiger partial charge in [-0.15, -0.1) is 0 Å². The predicted molar refractivity (Wildman–Crippen MR) is 98.7 cm³/mol. The molecule has 1 saturated carbocycles. The minimum Gasteiger partial charge on any atom is -0.390 e. The number of hydrogen-bond donors (Lipinski definition) is 0. The number of benzene rings is 2. The smallest absolute Gasteiger partial charge is 0.142 e. The van der Waals surface area contributed by atoms with E-state index in [0.717, 1.165) is 22.4 Å². The second-order valence-electron chi connectivity index (χ2n) is 6.61. The Morgan fingerprint density at radius 2 is 1.60 bits per heavy atom. The van der Waals surface area contributed by atoms with E-state index >= 15 is 0 Å². The standard InChI is InChI=1S/C22H20FNO/c1-14-15(2)22(24-25-13-16-7-11-18(23)12-8-16)20-6-4-3-5-19(20)21(14)17-9-10-17/h3-8,11-12H,9-10,13H2,1-2H3/b24-22-. The highest BCUT2D eigenvalue weighted by Gasteiger charge is 2.29. The third-order valence-corrected chi connectivity index (χ3v) is 4.90. The predicted octanol–water partition coefficient (Wildman–Crippen LogP) is 5.64. The minimum absolute atomic E-state index is 0.244. The molecule has 0 spiro atoms. The highest BCUT2D eigenvalue weighted by Crippen LogP contribution is 2.45. The number of halogens is 1. The topological polar surface area (TPSA) is 21.6 Å². The van der Waals surface area contributed by atoms with Gasteiger partial charge in [-0.2, -0.15) is 0 Å². The molecule has 1 fully saturated rings. The molecule has 25 heavy (non-hydrogen) atoms. The molecule has 0 N–H and O–H groups in total. The lowest BCUT2D eigenvalue weighted by molar-refractivity contribution is 0.130. The van der Waals surface area contributed by atoms with E-state index in [-0.39, 0.29) is 5.82 Å². The third kappa shape index (κ3) is 3.02. The minimum atomic E-state index is -0.244. The summed E-state index contributed by atoms with van der Waals surface area (Å²) >= 11 is 0. The van der Waals surface area contributed by atoms with Gasteiger partial charge in [0.15, 0.2) is 0 Å². The molecular formula is C22H20FNO. The van der Waals surface area contributed by atoms with Gasteiger partial charge >= 0.3 is 0 Å². The monoisotopic (exact) mass is 333 g/mol. The normalized spacial score (nSPS) is 17.8. The van der Waals surface area contributed by atoms with Crippen LogP contribution in [0.25, 0.3) is 5.57 Å². The quantitative estimate of drug-likeness (QED) is 0.666. The van der Waals surface area contributed by atoms with Crippen molar-refractivity contribution < 1.29 is 9.23 Å². The molecule has 0 saturated heterocycles. The summed E-state index contributed by atoms with van der Waals surface area (Å²) in [7, 11) is 0. The third-order valence-electron chi connectivity index (χ3n) is 4.90. The van der Waals surface area contributed by atoms with Crippen LogP contribution < -0.4 is 0 Å². The van der Waals surface area contributed by atoms with E-state index in [1.807, 2.05) is 6.07 Å². The fraction of sp³-hybridized carbons (Fsp3) is 0.227. The van der Waals surface area contributed by atoms with Crippen LogP contribution in [0.5, 0.6) is 0 Å². The molecule has 3 heteroatoms. The number of nitrogens with zero attached hydrogens (tertiary/aromatic N) is 1. The fourth-order valence-electron chi connectivity index (χ4n) is 3.31. The summed E-state index contributed by atoms with van der Waals surface area (Å²) in [6.07, 6.45) is 2.39. The van der Waals surface area contributed by atoms with Crippen molar-refractivity contribution in [2.24, 2.45) is 5.16 Å². The van der Waals surface area contributed by atoms with Gasteiger partial charge in [-0.25, -0.2) is 4.39 Å². The molecule has 2 aromatic rings. The van der Waals surface area contributed by atoms with E-state index < -0.39 is 0 Å². The highest BCUT2D eigenvalue weighted by atomic mass is 19.1. The van der Waals surface area contributed by atoms with Gasteiger partial charge in [0, 0.05) is 5.56 Å². The Bertz CT molecular complexity index is 913. The van der Waals surface area contributed by atoms with Crippen LogP contribution in [0, 0.1) is 5.82 Å². The van der Waals surface area contributed by atoms with Crippen LogP contribution in [-0.2, 0) is 11.4 Å². The van der Waals surface area contributed by atoms with Gasteiger partial charge in [0.05, 0.1) is 0 Å². The van der Waals surface area contributed by atoms with Gasteiger partial charge in [0.2, 0.25) is 0 Å². The molecule has 0 unspecified atom stereocenters. The Hall–Kier alpha value is -2.68. The van der Waals surface area contributed by atoms with Crippen LogP contribution in [0.3, 0.4) is 0 Å². The SMILES string of the molecule is CC1=C(C)/C(=N/OCc2ccc(F)cc2)c2ccccc2C1=C1CC1. The summed E-state index contributed by atoms with van der Waals surface area (Å²) in [5, 5.41) is 4.43. The van der Waals surface area contributed by atoms with E-state index in [9.17, 15) is 4.39 Å². The molecule has 0 bridgehead atoms. The second kappa shape index (κ2) is 6.32. The number of oxime groups is 1. The van der Waals surface area contributed by atoms with Crippen molar-refractivity contribution in [2.45, 2.75) is 33.3 Å². The van der Waals surface area contributed by atoms with Crippen molar-refractivity contribution in [2.75, 3.05) is 0 Å². The lowest BCUT2D eigenvalue weighted by Crippen LogP contribution is -2.15. The van der Waals surface area contributed by atoms with Crippen LogP contribution in [0.1, 0.15) is 43.4 Å². The largest absolute Gasteiger partial charge is 0.390 e. The Morgan fingerprint density at radius 1 is 0.920 bits per heavy atom. The summed E-state index contributed by atoms with van der Waals surface area (Å²) in [6, 6.07) is 14.7. The molecule has 4 rings (SSSR count). The van der Waals surface area contributed by atoms with Crippen molar-refractivity contribution in [3.05, 3.63) is 87.8 Å². The van der Waals surface area contributed by atoms with Gasteiger partial charge < -0.3 is 4.84 Å². The maximum atomic E-state index is 13.0. The molecule has 2 nitrogen and oxygen atoms in total. The van der Waals surface area contributed by atoms with Gasteiger partial charge in [-0.1, -0.05) is 47.1 Å². The molecule has 0 aromatic heterocycles. The molecule has 126 valence electrons. The van der Waals surface area contributed by atoms with Crippen molar-refractivity contribution >= 4 is 11.3 Å². The first-order valence-corrected chi connectivity index (χ1v) is 8.59. The summed E-state index contributed by atoms with van der Waals surface area (Å²) in [4.78, 5) is 5.60. The van der Waals surface area contributed by atoms with E-state index in [0.29, 0.717) is 6.61 Å². The van der Waals surface area contributed by atoms with Crippen molar-refractivity contribution in [1.82, 2.24) is 0 Å². The molecule has 0 amide bonds. The first-order chi connectivity index (χ1) is 12.1. The Balaban J connectivity index is 1.66. The second-order valence-corrected chi connectivity index (χ2v) is 6.61. The first-order valence-electron chi connectivity index (χ1n) is 8.59. The molecule has 2 aliphatic rings. The lowest BCUT2D eigenvalue weighted by Gasteiger charge is -2.23. The van der Waals surface area contributed by atoms with Crippen LogP contribution in [-0.4, -0.2) is 5.71 Å². The fourth-order valence-corrected chi connectivity index (χ4v) is 3.31. The van der Waals surface area contributed by atoms with E-state index in [1.54, 1.807) is 12.1 Å². The zero-order chi connectivity index (χ0) is 17.4. The maximum Gasteiger partial charge on any atom is 0.142 e. The van der Waals surface area contributed by atoms with Gasteiger partial charge in [-0.3, -0.25) is 0 Å². The summed E-state index contributed by atoms with van der Waals surface area (Å²) < 4.78 is 13.0. The molecule has 2 aromatic carbocycles. The van der Waals surface area contributed by atoms with Gasteiger partial charge in [-0.05, 0) is 66.7 Å². The lowest BCUT2D eigenvalue weighted by atomic mass is 9.81. The molecule has 2 aliphatic carbocycles. The zero-order valence-electron chi connectivity index (χ0n) is 14.5. The van der Waals surface area contributed by atoms with Crippen LogP contribution in [0.2, 0.25) is 0 Å². The average molecular weight is 333 g/mol. The Labute approximate surface area is 147 Å². The number of allylic oxidation sites excluding steroid dienone is 4. The van der Waals surface area contributed by atoms with Crippen molar-refractivity contribution in [3.63, 3.8) is 0 Å².